The molecule has 0 N–H and O–H groups in total. The van der Waals surface area contributed by atoms with Gasteiger partial charge in [-0.15, -0.1) is 0 Å². The maximum atomic E-state index is 11.6. The van der Waals surface area contributed by atoms with Gasteiger partial charge in [-0.05, 0) is 11.5 Å². The SMILES string of the molecule is COC(=O)[C@@H]1CN(Cc2ccccc2)C[C@@H]1C. The number of ether oxygens (including phenoxy) is 1. The van der Waals surface area contributed by atoms with E-state index in [1.165, 1.54) is 12.7 Å². The lowest BCUT2D eigenvalue weighted by molar-refractivity contribution is -0.146. The largest absolute Gasteiger partial charge is 0.469 e. The van der Waals surface area contributed by atoms with E-state index >= 15 is 0 Å². The lowest BCUT2D eigenvalue weighted by Gasteiger charge is -2.15. The summed E-state index contributed by atoms with van der Waals surface area (Å²) in [7, 11) is 1.47. The maximum Gasteiger partial charge on any atom is 0.310 e. The highest BCUT2D eigenvalue weighted by molar-refractivity contribution is 5.73. The van der Waals surface area contributed by atoms with Crippen LogP contribution in [0, 0.1) is 11.8 Å². The molecule has 17 heavy (non-hydrogen) atoms. The summed E-state index contributed by atoms with van der Waals surface area (Å²) in [6.45, 7) is 4.81. The third-order valence-electron chi connectivity index (χ3n) is 3.44. The molecule has 0 radical (unpaired) electrons. The van der Waals surface area contributed by atoms with Crippen molar-refractivity contribution in [3.63, 3.8) is 0 Å². The van der Waals surface area contributed by atoms with Gasteiger partial charge in [0.1, 0.15) is 0 Å². The molecule has 92 valence electrons. The molecule has 1 heterocycles. The van der Waals surface area contributed by atoms with E-state index in [0.29, 0.717) is 5.92 Å². The molecule has 0 saturated carbocycles. The second-order valence-corrected chi connectivity index (χ2v) is 4.79. The van der Waals surface area contributed by atoms with Gasteiger partial charge in [0.25, 0.3) is 0 Å². The highest BCUT2D eigenvalue weighted by atomic mass is 16.5. The van der Waals surface area contributed by atoms with E-state index in [2.05, 4.69) is 24.0 Å². The molecule has 1 aromatic carbocycles. The fourth-order valence-corrected chi connectivity index (χ4v) is 2.50. The summed E-state index contributed by atoms with van der Waals surface area (Å²) in [5.74, 6) is 0.336. The van der Waals surface area contributed by atoms with Crippen LogP contribution >= 0.6 is 0 Å². The fourth-order valence-electron chi connectivity index (χ4n) is 2.50. The number of methoxy groups -OCH3 is 1. The van der Waals surface area contributed by atoms with Gasteiger partial charge in [-0.25, -0.2) is 0 Å². The second-order valence-electron chi connectivity index (χ2n) is 4.79. The minimum absolute atomic E-state index is 0.0312. The van der Waals surface area contributed by atoms with Crippen LogP contribution in [0.2, 0.25) is 0 Å². The highest BCUT2D eigenvalue weighted by Crippen LogP contribution is 2.25. The van der Waals surface area contributed by atoms with Gasteiger partial charge in [-0.2, -0.15) is 0 Å². The zero-order valence-electron chi connectivity index (χ0n) is 10.4. The third-order valence-corrected chi connectivity index (χ3v) is 3.44. The van der Waals surface area contributed by atoms with Crippen molar-refractivity contribution in [2.75, 3.05) is 20.2 Å². The van der Waals surface area contributed by atoms with Crippen LogP contribution in [0.3, 0.4) is 0 Å². The molecule has 1 fully saturated rings. The predicted molar refractivity (Wildman–Crippen MR) is 66.4 cm³/mol. The number of likely N-dealkylation sites (tertiary alicyclic amines) is 1. The van der Waals surface area contributed by atoms with Gasteiger partial charge in [0, 0.05) is 19.6 Å². The van der Waals surface area contributed by atoms with Crippen LogP contribution in [0.4, 0.5) is 0 Å². The van der Waals surface area contributed by atoms with Crippen molar-refractivity contribution in [1.29, 1.82) is 0 Å². The Kier molecular flexibility index (Phi) is 3.79. The number of hydrogen-bond acceptors (Lipinski definition) is 3. The number of benzene rings is 1. The zero-order valence-corrected chi connectivity index (χ0v) is 10.4. The molecule has 0 aliphatic carbocycles. The van der Waals surface area contributed by atoms with Crippen molar-refractivity contribution in [3.05, 3.63) is 35.9 Å². The van der Waals surface area contributed by atoms with Crippen molar-refractivity contribution in [1.82, 2.24) is 4.90 Å². The van der Waals surface area contributed by atoms with Gasteiger partial charge in [0.15, 0.2) is 0 Å². The summed E-state index contributed by atoms with van der Waals surface area (Å²) < 4.78 is 4.84. The molecule has 3 heteroatoms. The van der Waals surface area contributed by atoms with E-state index in [9.17, 15) is 4.79 Å². The number of esters is 1. The quantitative estimate of drug-likeness (QED) is 0.747. The van der Waals surface area contributed by atoms with Gasteiger partial charge in [-0.3, -0.25) is 9.69 Å². The average Bonchev–Trinajstić information content (AvgIpc) is 2.70. The lowest BCUT2D eigenvalue weighted by Crippen LogP contribution is -2.24. The Labute approximate surface area is 102 Å². The van der Waals surface area contributed by atoms with E-state index in [4.69, 9.17) is 4.74 Å². The third kappa shape index (κ3) is 2.86. The Balaban J connectivity index is 1.95. The van der Waals surface area contributed by atoms with Crippen LogP contribution in [0.15, 0.2) is 30.3 Å². The molecular formula is C14H19NO2. The van der Waals surface area contributed by atoms with Crippen LogP contribution in [0.5, 0.6) is 0 Å². The minimum atomic E-state index is -0.0759. The topological polar surface area (TPSA) is 29.5 Å². The monoisotopic (exact) mass is 233 g/mol. The number of nitrogens with zero attached hydrogens (tertiary/aromatic N) is 1. The first-order chi connectivity index (χ1) is 8.20. The molecule has 3 nitrogen and oxygen atoms in total. The minimum Gasteiger partial charge on any atom is -0.469 e. The van der Waals surface area contributed by atoms with E-state index in [0.717, 1.165) is 19.6 Å². The summed E-state index contributed by atoms with van der Waals surface area (Å²) in [5, 5.41) is 0. The van der Waals surface area contributed by atoms with Gasteiger partial charge in [0.2, 0.25) is 0 Å². The second kappa shape index (κ2) is 5.32. The lowest BCUT2D eigenvalue weighted by atomic mass is 9.99. The van der Waals surface area contributed by atoms with Crippen molar-refractivity contribution in [3.8, 4) is 0 Å². The number of rotatable bonds is 3. The molecule has 1 saturated heterocycles. The van der Waals surface area contributed by atoms with Gasteiger partial charge >= 0.3 is 5.97 Å². The van der Waals surface area contributed by atoms with Crippen molar-refractivity contribution >= 4 is 5.97 Å². The number of hydrogen-bond donors (Lipinski definition) is 0. The summed E-state index contributed by atoms with van der Waals surface area (Å²) in [6.07, 6.45) is 0. The summed E-state index contributed by atoms with van der Waals surface area (Å²) in [4.78, 5) is 13.9. The van der Waals surface area contributed by atoms with Crippen LogP contribution < -0.4 is 0 Å². The summed E-state index contributed by atoms with van der Waals surface area (Å²) >= 11 is 0. The summed E-state index contributed by atoms with van der Waals surface area (Å²) in [6, 6.07) is 10.4. The van der Waals surface area contributed by atoms with E-state index in [-0.39, 0.29) is 11.9 Å². The Morgan fingerprint density at radius 2 is 2.06 bits per heavy atom. The van der Waals surface area contributed by atoms with Crippen LogP contribution in [0.1, 0.15) is 12.5 Å². The Hall–Kier alpha value is -1.35. The maximum absolute atomic E-state index is 11.6. The van der Waals surface area contributed by atoms with Crippen LogP contribution in [-0.4, -0.2) is 31.1 Å². The first kappa shape index (κ1) is 12.1. The molecule has 1 aliphatic heterocycles. The summed E-state index contributed by atoms with van der Waals surface area (Å²) in [5.41, 5.74) is 1.30. The van der Waals surface area contributed by atoms with Crippen molar-refractivity contribution in [2.24, 2.45) is 11.8 Å². The molecule has 1 aromatic rings. The Morgan fingerprint density at radius 3 is 2.71 bits per heavy atom. The Bertz CT molecular complexity index is 377. The van der Waals surface area contributed by atoms with Gasteiger partial charge in [-0.1, -0.05) is 37.3 Å². The van der Waals surface area contributed by atoms with Gasteiger partial charge < -0.3 is 4.74 Å². The molecule has 0 bridgehead atoms. The molecular weight excluding hydrogens is 214 g/mol. The van der Waals surface area contributed by atoms with Crippen LogP contribution in [0.25, 0.3) is 0 Å². The van der Waals surface area contributed by atoms with Crippen molar-refractivity contribution < 1.29 is 9.53 Å². The molecule has 2 atom stereocenters. The molecule has 0 amide bonds. The average molecular weight is 233 g/mol. The Morgan fingerprint density at radius 1 is 1.35 bits per heavy atom. The molecule has 0 unspecified atom stereocenters. The first-order valence-corrected chi connectivity index (χ1v) is 6.05. The van der Waals surface area contributed by atoms with Gasteiger partial charge in [0.05, 0.1) is 13.0 Å². The van der Waals surface area contributed by atoms with E-state index in [1.54, 1.807) is 0 Å². The predicted octanol–water partition coefficient (Wildman–Crippen LogP) is 1.93. The smallest absolute Gasteiger partial charge is 0.310 e. The van der Waals surface area contributed by atoms with Crippen LogP contribution in [-0.2, 0) is 16.1 Å². The molecule has 0 aromatic heterocycles. The molecule has 0 spiro atoms. The number of carbonyl (C=O) groups is 1. The molecule has 2 rings (SSSR count). The fraction of sp³-hybridized carbons (Fsp3) is 0.500. The standard InChI is InChI=1S/C14H19NO2/c1-11-8-15(10-13(11)14(16)17-2)9-12-6-4-3-5-7-12/h3-7,11,13H,8-10H2,1-2H3/t11-,13+/m0/s1. The van der Waals surface area contributed by atoms with E-state index in [1.807, 2.05) is 18.2 Å². The van der Waals surface area contributed by atoms with Crippen molar-refractivity contribution in [2.45, 2.75) is 13.5 Å². The van der Waals surface area contributed by atoms with E-state index < -0.39 is 0 Å². The molecule has 1 aliphatic rings. The zero-order chi connectivity index (χ0) is 12.3. The highest BCUT2D eigenvalue weighted by Gasteiger charge is 2.35. The number of carbonyl (C=O) groups excluding carboxylic acids is 1. The normalized spacial score (nSPS) is 24.8. The first-order valence-electron chi connectivity index (χ1n) is 6.05.